The fourth-order valence-corrected chi connectivity index (χ4v) is 4.20. The van der Waals surface area contributed by atoms with Crippen LogP contribution in [0.4, 0.5) is 13.2 Å². The molecule has 1 fully saturated rings. The first kappa shape index (κ1) is 17.8. The van der Waals surface area contributed by atoms with Gasteiger partial charge in [-0.3, -0.25) is 4.79 Å². The highest BCUT2D eigenvalue weighted by Gasteiger charge is 2.34. The van der Waals surface area contributed by atoms with Gasteiger partial charge < -0.3 is 13.9 Å². The summed E-state index contributed by atoms with van der Waals surface area (Å²) < 4.78 is 45.8. The maximum absolute atomic E-state index is 12.9. The molecule has 0 bridgehead atoms. The van der Waals surface area contributed by atoms with Gasteiger partial charge in [0.15, 0.2) is 0 Å². The number of amides is 1. The molecule has 140 valence electrons. The summed E-state index contributed by atoms with van der Waals surface area (Å²) in [5.74, 6) is 1.06. The van der Waals surface area contributed by atoms with Crippen molar-refractivity contribution in [2.75, 3.05) is 5.75 Å². The number of carbonyl (C=O) groups excluding carboxylic acids is 1. The van der Waals surface area contributed by atoms with Crippen LogP contribution in [0.25, 0.3) is 5.69 Å². The van der Waals surface area contributed by atoms with Crippen LogP contribution in [0.5, 0.6) is 0 Å². The molecule has 1 aliphatic rings. The molecule has 2 aromatic heterocycles. The molecule has 1 aromatic carbocycles. The first-order chi connectivity index (χ1) is 12.9. The molecule has 8 heteroatoms. The number of benzene rings is 1. The predicted octanol–water partition coefficient (Wildman–Crippen LogP) is 4.86. The summed E-state index contributed by atoms with van der Waals surface area (Å²) in [4.78, 5) is 14.0. The Morgan fingerprint density at radius 1 is 1.19 bits per heavy atom. The average molecular weight is 392 g/mol. The molecule has 1 amide bonds. The van der Waals surface area contributed by atoms with Gasteiger partial charge in [-0.2, -0.15) is 13.2 Å². The molecule has 0 spiro atoms. The van der Waals surface area contributed by atoms with Crippen LogP contribution in [0, 0.1) is 0 Å². The lowest BCUT2D eigenvalue weighted by Gasteiger charge is -2.22. The highest BCUT2D eigenvalue weighted by Crippen LogP contribution is 2.40. The molecule has 0 radical (unpaired) electrons. The summed E-state index contributed by atoms with van der Waals surface area (Å²) >= 11 is 1.49. The zero-order valence-corrected chi connectivity index (χ0v) is 14.8. The zero-order chi connectivity index (χ0) is 19.0. The van der Waals surface area contributed by atoms with E-state index in [2.05, 4.69) is 0 Å². The summed E-state index contributed by atoms with van der Waals surface area (Å²) in [5, 5.41) is -0.199. The van der Waals surface area contributed by atoms with Crippen LogP contribution in [0.2, 0.25) is 0 Å². The molecule has 0 N–H and O–H groups in total. The lowest BCUT2D eigenvalue weighted by Crippen LogP contribution is -2.27. The van der Waals surface area contributed by atoms with E-state index in [4.69, 9.17) is 4.42 Å². The van der Waals surface area contributed by atoms with Gasteiger partial charge in [0.2, 0.25) is 5.91 Å². The van der Waals surface area contributed by atoms with Gasteiger partial charge in [0.25, 0.3) is 0 Å². The Labute approximate surface area is 157 Å². The molecule has 27 heavy (non-hydrogen) atoms. The van der Waals surface area contributed by atoms with Crippen LogP contribution in [-0.4, -0.2) is 21.1 Å². The third-order valence-corrected chi connectivity index (χ3v) is 5.60. The maximum Gasteiger partial charge on any atom is 0.416 e. The van der Waals surface area contributed by atoms with Crippen molar-refractivity contribution in [2.45, 2.75) is 18.1 Å². The Balaban J connectivity index is 1.59. The van der Waals surface area contributed by atoms with Crippen molar-refractivity contribution in [3.05, 3.63) is 78.0 Å². The number of nitrogens with zero attached hydrogens (tertiary/aromatic N) is 2. The van der Waals surface area contributed by atoms with Gasteiger partial charge in [0.05, 0.1) is 24.1 Å². The van der Waals surface area contributed by atoms with E-state index in [9.17, 15) is 18.0 Å². The second-order valence-electron chi connectivity index (χ2n) is 6.16. The summed E-state index contributed by atoms with van der Waals surface area (Å²) in [6, 6.07) is 10.6. The molecule has 1 aliphatic heterocycles. The highest BCUT2D eigenvalue weighted by atomic mass is 32.2. The highest BCUT2D eigenvalue weighted by molar-refractivity contribution is 8.00. The molecular weight excluding hydrogens is 377 g/mol. The minimum atomic E-state index is -4.39. The summed E-state index contributed by atoms with van der Waals surface area (Å²) in [6.07, 6.45) is 0.641. The maximum atomic E-state index is 12.9. The van der Waals surface area contributed by atoms with Crippen molar-refractivity contribution >= 4 is 17.7 Å². The Bertz CT molecular complexity index is 950. The molecule has 1 unspecified atom stereocenters. The van der Waals surface area contributed by atoms with Crippen molar-refractivity contribution in [2.24, 2.45) is 0 Å². The number of furan rings is 1. The van der Waals surface area contributed by atoms with Crippen molar-refractivity contribution in [1.82, 2.24) is 9.47 Å². The minimum Gasteiger partial charge on any atom is -0.467 e. The third-order valence-electron chi connectivity index (χ3n) is 4.35. The largest absolute Gasteiger partial charge is 0.467 e. The van der Waals surface area contributed by atoms with E-state index in [0.29, 0.717) is 23.7 Å². The number of rotatable bonds is 4. The molecule has 4 rings (SSSR count). The van der Waals surface area contributed by atoms with Crippen LogP contribution in [0.1, 0.15) is 22.3 Å². The Hall–Kier alpha value is -2.61. The van der Waals surface area contributed by atoms with Crippen LogP contribution >= 0.6 is 11.8 Å². The smallest absolute Gasteiger partial charge is 0.416 e. The van der Waals surface area contributed by atoms with Gasteiger partial charge in [-0.05, 0) is 36.4 Å². The number of alkyl halides is 3. The Morgan fingerprint density at radius 3 is 2.78 bits per heavy atom. The molecule has 3 heterocycles. The normalized spacial score (nSPS) is 17.7. The molecule has 1 saturated heterocycles. The standard InChI is InChI=1S/C19H15F3N2O2S/c20-19(21,22)14-3-1-4-15(9-14)23-7-6-13(10-23)18-24(17(25)12-27-18)11-16-5-2-8-26-16/h1-10,18H,11-12H2. The third kappa shape index (κ3) is 3.62. The van der Waals surface area contributed by atoms with E-state index in [1.54, 1.807) is 46.3 Å². The van der Waals surface area contributed by atoms with Crippen molar-refractivity contribution < 1.29 is 22.4 Å². The van der Waals surface area contributed by atoms with Crippen molar-refractivity contribution in [1.29, 1.82) is 0 Å². The SMILES string of the molecule is O=C1CSC(c2ccn(-c3cccc(C(F)(F)F)c3)c2)N1Cc1ccco1. The number of halogens is 3. The second-order valence-corrected chi connectivity index (χ2v) is 7.23. The van der Waals surface area contributed by atoms with Gasteiger partial charge >= 0.3 is 6.18 Å². The number of hydrogen-bond acceptors (Lipinski definition) is 3. The van der Waals surface area contributed by atoms with Crippen LogP contribution in [-0.2, 0) is 17.5 Å². The van der Waals surface area contributed by atoms with Gasteiger partial charge in [-0.15, -0.1) is 11.8 Å². The first-order valence-electron chi connectivity index (χ1n) is 8.21. The number of thioether (sulfide) groups is 1. The van der Waals surface area contributed by atoms with Crippen molar-refractivity contribution in [3.63, 3.8) is 0 Å². The van der Waals surface area contributed by atoms with Crippen LogP contribution in [0.3, 0.4) is 0 Å². The van der Waals surface area contributed by atoms with Crippen molar-refractivity contribution in [3.8, 4) is 5.69 Å². The molecular formula is C19H15F3N2O2S. The van der Waals surface area contributed by atoms with E-state index in [-0.39, 0.29) is 11.3 Å². The summed E-state index contributed by atoms with van der Waals surface area (Å²) in [7, 11) is 0. The summed E-state index contributed by atoms with van der Waals surface area (Å²) in [5.41, 5.74) is 0.581. The topological polar surface area (TPSA) is 38.4 Å². The predicted molar refractivity (Wildman–Crippen MR) is 95.2 cm³/mol. The lowest BCUT2D eigenvalue weighted by molar-refractivity contribution is -0.137. The van der Waals surface area contributed by atoms with Gasteiger partial charge in [0.1, 0.15) is 11.1 Å². The molecule has 4 nitrogen and oxygen atoms in total. The molecule has 1 atom stereocenters. The summed E-state index contributed by atoms with van der Waals surface area (Å²) in [6.45, 7) is 0.359. The molecule has 3 aromatic rings. The minimum absolute atomic E-state index is 0.00761. The van der Waals surface area contributed by atoms with E-state index >= 15 is 0 Å². The Kier molecular flexibility index (Phi) is 4.51. The van der Waals surface area contributed by atoms with E-state index in [0.717, 1.165) is 17.7 Å². The Morgan fingerprint density at radius 2 is 2.04 bits per heavy atom. The quantitative estimate of drug-likeness (QED) is 0.636. The van der Waals surface area contributed by atoms with Gasteiger partial charge in [-0.1, -0.05) is 6.07 Å². The fourth-order valence-electron chi connectivity index (χ4n) is 3.03. The molecule has 0 saturated carbocycles. The second kappa shape index (κ2) is 6.84. The van der Waals surface area contributed by atoms with E-state index in [1.165, 1.54) is 17.8 Å². The zero-order valence-electron chi connectivity index (χ0n) is 14.0. The van der Waals surface area contributed by atoms with Gasteiger partial charge in [-0.25, -0.2) is 0 Å². The number of carbonyl (C=O) groups is 1. The average Bonchev–Trinajstić information content (AvgIpc) is 3.37. The fraction of sp³-hybridized carbons (Fsp3) is 0.211. The van der Waals surface area contributed by atoms with E-state index in [1.807, 2.05) is 6.07 Å². The van der Waals surface area contributed by atoms with E-state index < -0.39 is 11.7 Å². The van der Waals surface area contributed by atoms with Crippen LogP contribution < -0.4 is 0 Å². The lowest BCUT2D eigenvalue weighted by atomic mass is 10.2. The van der Waals surface area contributed by atoms with Gasteiger partial charge in [0, 0.05) is 23.6 Å². The first-order valence-corrected chi connectivity index (χ1v) is 9.26. The number of aromatic nitrogens is 1. The number of hydrogen-bond donors (Lipinski definition) is 0. The van der Waals surface area contributed by atoms with Crippen LogP contribution in [0.15, 0.2) is 65.5 Å². The molecule has 0 aliphatic carbocycles. The monoisotopic (exact) mass is 392 g/mol.